The second-order valence-electron chi connectivity index (χ2n) is 4.56. The Labute approximate surface area is 103 Å². The fourth-order valence-electron chi connectivity index (χ4n) is 1.56. The summed E-state index contributed by atoms with van der Waals surface area (Å²) in [6.07, 6.45) is 3.49. The normalized spacial score (nSPS) is 15.8. The van der Waals surface area contributed by atoms with Crippen molar-refractivity contribution in [1.29, 1.82) is 0 Å². The molecule has 3 N–H and O–H groups in total. The van der Waals surface area contributed by atoms with Gasteiger partial charge in [-0.05, 0) is 20.3 Å². The lowest BCUT2D eigenvalue weighted by molar-refractivity contribution is -0.150. The number of esters is 1. The highest BCUT2D eigenvalue weighted by Gasteiger charge is 2.35. The Morgan fingerprint density at radius 1 is 1.41 bits per heavy atom. The minimum atomic E-state index is -0.978. The van der Waals surface area contributed by atoms with E-state index in [4.69, 9.17) is 10.5 Å². The zero-order valence-corrected chi connectivity index (χ0v) is 11.2. The maximum Gasteiger partial charge on any atom is 0.331 e. The van der Waals surface area contributed by atoms with Crippen molar-refractivity contribution in [2.45, 2.75) is 58.0 Å². The molecular formula is C12H24N2O3. The minimum absolute atomic E-state index is 0.339. The van der Waals surface area contributed by atoms with Crippen LogP contribution in [-0.2, 0) is 14.3 Å². The summed E-state index contributed by atoms with van der Waals surface area (Å²) in [6.45, 7) is 5.34. The molecule has 0 unspecified atom stereocenters. The number of methoxy groups -OCH3 is 1. The van der Waals surface area contributed by atoms with Crippen molar-refractivity contribution >= 4 is 11.9 Å². The van der Waals surface area contributed by atoms with Crippen molar-refractivity contribution in [2.75, 3.05) is 7.11 Å². The van der Waals surface area contributed by atoms with E-state index in [0.717, 1.165) is 19.3 Å². The lowest BCUT2D eigenvalue weighted by Gasteiger charge is -2.28. The zero-order valence-electron chi connectivity index (χ0n) is 11.2. The molecule has 0 aliphatic carbocycles. The molecule has 1 amide bonds. The third kappa shape index (κ3) is 5.17. The molecule has 0 aliphatic heterocycles. The predicted octanol–water partition coefficient (Wildman–Crippen LogP) is 0.962. The monoisotopic (exact) mass is 244 g/mol. The van der Waals surface area contributed by atoms with E-state index in [0.29, 0.717) is 6.42 Å². The highest BCUT2D eigenvalue weighted by atomic mass is 16.5. The molecule has 17 heavy (non-hydrogen) atoms. The van der Waals surface area contributed by atoms with Crippen LogP contribution in [0.2, 0.25) is 0 Å². The summed E-state index contributed by atoms with van der Waals surface area (Å²) >= 11 is 0. The van der Waals surface area contributed by atoms with Crippen LogP contribution < -0.4 is 11.1 Å². The summed E-state index contributed by atoms with van der Waals surface area (Å²) in [6, 6.07) is -0.634. The van der Waals surface area contributed by atoms with E-state index in [1.165, 1.54) is 7.11 Å². The Kier molecular flexibility index (Phi) is 6.80. The molecule has 0 spiro atoms. The molecular weight excluding hydrogens is 220 g/mol. The summed E-state index contributed by atoms with van der Waals surface area (Å²) in [5.41, 5.74) is 4.50. The molecule has 0 aromatic rings. The van der Waals surface area contributed by atoms with Gasteiger partial charge in [-0.15, -0.1) is 0 Å². The van der Waals surface area contributed by atoms with Crippen LogP contribution in [0.5, 0.6) is 0 Å². The summed E-state index contributed by atoms with van der Waals surface area (Å²) in [5, 5.41) is 2.66. The van der Waals surface area contributed by atoms with Crippen LogP contribution in [0.15, 0.2) is 0 Å². The summed E-state index contributed by atoms with van der Waals surface area (Å²) in [4.78, 5) is 23.3. The van der Waals surface area contributed by atoms with Gasteiger partial charge in [0.1, 0.15) is 5.54 Å². The van der Waals surface area contributed by atoms with Gasteiger partial charge in [0.15, 0.2) is 0 Å². The first-order valence-corrected chi connectivity index (χ1v) is 6.03. The van der Waals surface area contributed by atoms with Crippen molar-refractivity contribution in [3.05, 3.63) is 0 Å². The fraction of sp³-hybridized carbons (Fsp3) is 0.833. The topological polar surface area (TPSA) is 81.4 Å². The number of unbranched alkanes of at least 4 members (excludes halogenated alkanes) is 2. The third-order valence-electron chi connectivity index (χ3n) is 2.73. The quantitative estimate of drug-likeness (QED) is 0.516. The smallest absolute Gasteiger partial charge is 0.331 e. The molecule has 0 saturated heterocycles. The lowest BCUT2D eigenvalue weighted by atomic mass is 9.94. The number of carbonyl (C=O) groups is 2. The molecule has 0 aromatic heterocycles. The number of nitrogens with two attached hydrogens (primary N) is 1. The number of hydrogen-bond donors (Lipinski definition) is 2. The predicted molar refractivity (Wildman–Crippen MR) is 66.4 cm³/mol. The van der Waals surface area contributed by atoms with Crippen LogP contribution in [0.25, 0.3) is 0 Å². The Bertz CT molecular complexity index is 266. The van der Waals surface area contributed by atoms with Crippen molar-refractivity contribution in [2.24, 2.45) is 5.73 Å². The second-order valence-corrected chi connectivity index (χ2v) is 4.56. The van der Waals surface area contributed by atoms with Gasteiger partial charge < -0.3 is 15.8 Å². The highest BCUT2D eigenvalue weighted by molar-refractivity contribution is 5.89. The number of hydrogen-bond acceptors (Lipinski definition) is 4. The molecule has 0 radical (unpaired) electrons. The highest BCUT2D eigenvalue weighted by Crippen LogP contribution is 2.16. The summed E-state index contributed by atoms with van der Waals surface area (Å²) in [7, 11) is 1.32. The SMILES string of the molecule is CCCCC[C@](C)(NC(=O)[C@H](C)N)C(=O)OC. The first kappa shape index (κ1) is 15.9. The second kappa shape index (κ2) is 7.27. The number of carbonyl (C=O) groups excluding carboxylic acids is 2. The van der Waals surface area contributed by atoms with E-state index in [-0.39, 0.29) is 5.91 Å². The lowest BCUT2D eigenvalue weighted by Crippen LogP contribution is -2.56. The van der Waals surface area contributed by atoms with Gasteiger partial charge in [-0.2, -0.15) is 0 Å². The van der Waals surface area contributed by atoms with E-state index < -0.39 is 17.6 Å². The van der Waals surface area contributed by atoms with E-state index in [9.17, 15) is 9.59 Å². The maximum atomic E-state index is 11.7. The zero-order chi connectivity index (χ0) is 13.5. The van der Waals surface area contributed by atoms with Gasteiger partial charge in [0.2, 0.25) is 5.91 Å². The van der Waals surface area contributed by atoms with Crippen molar-refractivity contribution < 1.29 is 14.3 Å². The molecule has 100 valence electrons. The molecule has 0 fully saturated rings. The first-order chi connectivity index (χ1) is 7.87. The van der Waals surface area contributed by atoms with Gasteiger partial charge >= 0.3 is 5.97 Å². The van der Waals surface area contributed by atoms with Gasteiger partial charge in [0.05, 0.1) is 13.2 Å². The summed E-state index contributed by atoms with van der Waals surface area (Å²) < 4.78 is 4.73. The molecule has 2 atom stereocenters. The van der Waals surface area contributed by atoms with Crippen molar-refractivity contribution in [3.63, 3.8) is 0 Å². The van der Waals surface area contributed by atoms with Crippen LogP contribution in [0.3, 0.4) is 0 Å². The van der Waals surface area contributed by atoms with E-state index >= 15 is 0 Å². The average Bonchev–Trinajstić information content (AvgIpc) is 2.28. The number of nitrogens with one attached hydrogen (secondary N) is 1. The Morgan fingerprint density at radius 3 is 2.41 bits per heavy atom. The minimum Gasteiger partial charge on any atom is -0.467 e. The molecule has 0 rings (SSSR count). The van der Waals surface area contributed by atoms with Gasteiger partial charge in [-0.25, -0.2) is 4.79 Å². The number of rotatable bonds is 7. The van der Waals surface area contributed by atoms with Gasteiger partial charge in [-0.1, -0.05) is 26.2 Å². The standard InChI is InChI=1S/C12H24N2O3/c1-5-6-7-8-12(3,11(16)17-4)14-10(15)9(2)13/h9H,5-8,13H2,1-4H3,(H,14,15)/t9-,12-/m0/s1. The van der Waals surface area contributed by atoms with Gasteiger partial charge in [-0.3, -0.25) is 4.79 Å². The van der Waals surface area contributed by atoms with Crippen LogP contribution in [0, 0.1) is 0 Å². The van der Waals surface area contributed by atoms with Crippen LogP contribution in [0.1, 0.15) is 46.5 Å². The third-order valence-corrected chi connectivity index (χ3v) is 2.73. The van der Waals surface area contributed by atoms with Crippen LogP contribution in [-0.4, -0.2) is 30.6 Å². The molecule has 0 bridgehead atoms. The Balaban J connectivity index is 4.60. The first-order valence-electron chi connectivity index (χ1n) is 6.03. The molecule has 0 saturated carbocycles. The maximum absolute atomic E-state index is 11.7. The molecule has 0 aliphatic rings. The average molecular weight is 244 g/mol. The van der Waals surface area contributed by atoms with Gasteiger partial charge in [0.25, 0.3) is 0 Å². The molecule has 0 heterocycles. The van der Waals surface area contributed by atoms with Crippen LogP contribution in [0.4, 0.5) is 0 Å². The van der Waals surface area contributed by atoms with E-state index in [1.54, 1.807) is 13.8 Å². The van der Waals surface area contributed by atoms with Crippen molar-refractivity contribution in [3.8, 4) is 0 Å². The molecule has 0 aromatic carbocycles. The number of amides is 1. The van der Waals surface area contributed by atoms with E-state index in [2.05, 4.69) is 12.2 Å². The summed E-state index contributed by atoms with van der Waals surface area (Å²) in [5.74, 6) is -0.767. The molecule has 5 nitrogen and oxygen atoms in total. The Morgan fingerprint density at radius 2 is 2.00 bits per heavy atom. The van der Waals surface area contributed by atoms with Crippen LogP contribution >= 0.6 is 0 Å². The van der Waals surface area contributed by atoms with Gasteiger partial charge in [0, 0.05) is 0 Å². The largest absolute Gasteiger partial charge is 0.467 e. The number of ether oxygens (including phenoxy) is 1. The molecule has 5 heteroatoms. The fourth-order valence-corrected chi connectivity index (χ4v) is 1.56. The Hall–Kier alpha value is -1.10. The van der Waals surface area contributed by atoms with E-state index in [1.807, 2.05) is 0 Å². The van der Waals surface area contributed by atoms with Crippen molar-refractivity contribution in [1.82, 2.24) is 5.32 Å².